The molecule has 0 fully saturated rings. The van der Waals surface area contributed by atoms with Crippen LogP contribution in [0.25, 0.3) is 0 Å². The zero-order valence-corrected chi connectivity index (χ0v) is 11.9. The van der Waals surface area contributed by atoms with Gasteiger partial charge in [-0.3, -0.25) is 0 Å². The zero-order valence-electron chi connectivity index (χ0n) is 11.2. The SMILES string of the molecule is CCCc1noc(CNC(C)c2ccccc2Cl)n1. The molecule has 0 radical (unpaired) electrons. The Morgan fingerprint density at radius 2 is 2.16 bits per heavy atom. The van der Waals surface area contributed by atoms with Crippen LogP contribution in [0.3, 0.4) is 0 Å². The van der Waals surface area contributed by atoms with Crippen molar-refractivity contribution in [1.82, 2.24) is 15.5 Å². The van der Waals surface area contributed by atoms with Crippen molar-refractivity contribution in [3.63, 3.8) is 0 Å². The van der Waals surface area contributed by atoms with Crippen molar-refractivity contribution in [3.8, 4) is 0 Å². The van der Waals surface area contributed by atoms with Gasteiger partial charge in [0, 0.05) is 17.5 Å². The Bertz CT molecular complexity index is 527. The number of aromatic nitrogens is 2. The standard InChI is InChI=1S/C14H18ClN3O/c1-3-6-13-17-14(19-18-13)9-16-10(2)11-7-4-5-8-12(11)15/h4-5,7-8,10,16H,3,6,9H2,1-2H3. The number of hydrogen-bond donors (Lipinski definition) is 1. The molecule has 0 spiro atoms. The molecule has 1 atom stereocenters. The molecule has 1 N–H and O–H groups in total. The van der Waals surface area contributed by atoms with Crippen LogP contribution in [-0.2, 0) is 13.0 Å². The summed E-state index contributed by atoms with van der Waals surface area (Å²) in [6.45, 7) is 4.70. The van der Waals surface area contributed by atoms with Gasteiger partial charge in [-0.1, -0.05) is 41.9 Å². The number of rotatable bonds is 6. The maximum atomic E-state index is 6.15. The molecule has 102 valence electrons. The van der Waals surface area contributed by atoms with Crippen molar-refractivity contribution in [2.24, 2.45) is 0 Å². The molecule has 2 aromatic rings. The average molecular weight is 280 g/mol. The highest BCUT2D eigenvalue weighted by atomic mass is 35.5. The van der Waals surface area contributed by atoms with Crippen LogP contribution in [0.15, 0.2) is 28.8 Å². The molecule has 1 heterocycles. The number of halogens is 1. The molecule has 1 unspecified atom stereocenters. The lowest BCUT2D eigenvalue weighted by Gasteiger charge is -2.13. The van der Waals surface area contributed by atoms with Crippen molar-refractivity contribution in [1.29, 1.82) is 0 Å². The average Bonchev–Trinajstić information content (AvgIpc) is 2.85. The number of nitrogens with zero attached hydrogens (tertiary/aromatic N) is 2. The van der Waals surface area contributed by atoms with E-state index >= 15 is 0 Å². The van der Waals surface area contributed by atoms with E-state index < -0.39 is 0 Å². The number of benzene rings is 1. The summed E-state index contributed by atoms with van der Waals surface area (Å²) in [5.74, 6) is 1.38. The van der Waals surface area contributed by atoms with Crippen LogP contribution in [0.4, 0.5) is 0 Å². The largest absolute Gasteiger partial charge is 0.338 e. The van der Waals surface area contributed by atoms with Crippen LogP contribution in [0, 0.1) is 0 Å². The van der Waals surface area contributed by atoms with Gasteiger partial charge in [-0.15, -0.1) is 0 Å². The number of nitrogens with one attached hydrogen (secondary N) is 1. The quantitative estimate of drug-likeness (QED) is 0.879. The fourth-order valence-corrected chi connectivity index (χ4v) is 2.16. The molecule has 4 nitrogen and oxygen atoms in total. The lowest BCUT2D eigenvalue weighted by molar-refractivity contribution is 0.356. The van der Waals surface area contributed by atoms with E-state index in [1.165, 1.54) is 0 Å². The summed E-state index contributed by atoms with van der Waals surface area (Å²) in [7, 11) is 0. The molecule has 0 amide bonds. The monoisotopic (exact) mass is 279 g/mol. The molecule has 0 aliphatic rings. The first-order valence-corrected chi connectivity index (χ1v) is 6.87. The van der Waals surface area contributed by atoms with Crippen LogP contribution in [-0.4, -0.2) is 10.1 Å². The molecule has 0 aliphatic carbocycles. The molecule has 2 rings (SSSR count). The minimum absolute atomic E-state index is 0.134. The number of hydrogen-bond acceptors (Lipinski definition) is 4. The molecule has 0 saturated heterocycles. The van der Waals surface area contributed by atoms with Gasteiger partial charge in [-0.2, -0.15) is 4.98 Å². The van der Waals surface area contributed by atoms with Gasteiger partial charge in [0.1, 0.15) is 0 Å². The summed E-state index contributed by atoms with van der Waals surface area (Å²) in [5.41, 5.74) is 1.07. The molecule has 19 heavy (non-hydrogen) atoms. The van der Waals surface area contributed by atoms with Gasteiger partial charge in [0.05, 0.1) is 6.54 Å². The molecular weight excluding hydrogens is 262 g/mol. The van der Waals surface area contributed by atoms with Crippen LogP contribution in [0.1, 0.15) is 43.6 Å². The first-order chi connectivity index (χ1) is 9.20. The summed E-state index contributed by atoms with van der Waals surface area (Å²) in [6, 6.07) is 7.94. The second kappa shape index (κ2) is 6.68. The van der Waals surface area contributed by atoms with Gasteiger partial charge in [0.2, 0.25) is 5.89 Å². The highest BCUT2D eigenvalue weighted by Crippen LogP contribution is 2.22. The fraction of sp³-hybridized carbons (Fsp3) is 0.429. The molecule has 0 aliphatic heterocycles. The maximum Gasteiger partial charge on any atom is 0.240 e. The van der Waals surface area contributed by atoms with E-state index in [2.05, 4.69) is 29.3 Å². The Morgan fingerprint density at radius 3 is 2.89 bits per heavy atom. The Labute approximate surface area is 118 Å². The van der Waals surface area contributed by atoms with Gasteiger partial charge in [0.15, 0.2) is 5.82 Å². The lowest BCUT2D eigenvalue weighted by Crippen LogP contribution is -2.18. The van der Waals surface area contributed by atoms with Gasteiger partial charge in [-0.05, 0) is 25.0 Å². The molecule has 1 aromatic carbocycles. The number of aryl methyl sites for hydroxylation is 1. The first kappa shape index (κ1) is 14.0. The minimum atomic E-state index is 0.134. The molecule has 0 saturated carbocycles. The minimum Gasteiger partial charge on any atom is -0.338 e. The topological polar surface area (TPSA) is 51.0 Å². The second-order valence-electron chi connectivity index (χ2n) is 4.48. The Morgan fingerprint density at radius 1 is 1.37 bits per heavy atom. The Balaban J connectivity index is 1.92. The smallest absolute Gasteiger partial charge is 0.240 e. The van der Waals surface area contributed by atoms with Gasteiger partial charge in [0.25, 0.3) is 0 Å². The lowest BCUT2D eigenvalue weighted by atomic mass is 10.1. The highest BCUT2D eigenvalue weighted by molar-refractivity contribution is 6.31. The van der Waals surface area contributed by atoms with Crippen LogP contribution >= 0.6 is 11.6 Å². The van der Waals surface area contributed by atoms with E-state index in [-0.39, 0.29) is 6.04 Å². The predicted octanol–water partition coefficient (Wildman–Crippen LogP) is 3.53. The normalized spacial score (nSPS) is 12.6. The third-order valence-electron chi connectivity index (χ3n) is 2.91. The van der Waals surface area contributed by atoms with E-state index in [0.29, 0.717) is 12.4 Å². The summed E-state index contributed by atoms with van der Waals surface area (Å²) >= 11 is 6.15. The summed E-state index contributed by atoms with van der Waals surface area (Å²) in [5, 5.41) is 8.02. The Kier molecular flexibility index (Phi) is 4.93. The second-order valence-corrected chi connectivity index (χ2v) is 4.89. The van der Waals surface area contributed by atoms with Gasteiger partial charge >= 0.3 is 0 Å². The van der Waals surface area contributed by atoms with E-state index in [4.69, 9.17) is 16.1 Å². The molecule has 1 aromatic heterocycles. The van der Waals surface area contributed by atoms with E-state index in [0.717, 1.165) is 29.3 Å². The van der Waals surface area contributed by atoms with Crippen molar-refractivity contribution >= 4 is 11.6 Å². The molecular formula is C14H18ClN3O. The summed E-state index contributed by atoms with van der Waals surface area (Å²) < 4.78 is 5.18. The van der Waals surface area contributed by atoms with Crippen molar-refractivity contribution < 1.29 is 4.52 Å². The van der Waals surface area contributed by atoms with E-state index in [1.807, 2.05) is 24.3 Å². The fourth-order valence-electron chi connectivity index (χ4n) is 1.86. The third kappa shape index (κ3) is 3.78. The van der Waals surface area contributed by atoms with Crippen LogP contribution in [0.2, 0.25) is 5.02 Å². The van der Waals surface area contributed by atoms with Gasteiger partial charge < -0.3 is 9.84 Å². The third-order valence-corrected chi connectivity index (χ3v) is 3.26. The van der Waals surface area contributed by atoms with Crippen LogP contribution < -0.4 is 5.32 Å². The van der Waals surface area contributed by atoms with Crippen LogP contribution in [0.5, 0.6) is 0 Å². The van der Waals surface area contributed by atoms with Crippen molar-refractivity contribution in [2.45, 2.75) is 39.3 Å². The zero-order chi connectivity index (χ0) is 13.7. The maximum absolute atomic E-state index is 6.15. The predicted molar refractivity (Wildman–Crippen MR) is 75.0 cm³/mol. The van der Waals surface area contributed by atoms with Gasteiger partial charge in [-0.25, -0.2) is 0 Å². The van der Waals surface area contributed by atoms with Crippen molar-refractivity contribution in [2.75, 3.05) is 0 Å². The molecule has 0 bridgehead atoms. The summed E-state index contributed by atoms with van der Waals surface area (Å²) in [4.78, 5) is 4.31. The Hall–Kier alpha value is -1.39. The summed E-state index contributed by atoms with van der Waals surface area (Å²) in [6.07, 6.45) is 1.87. The molecule has 5 heteroatoms. The van der Waals surface area contributed by atoms with E-state index in [1.54, 1.807) is 0 Å². The van der Waals surface area contributed by atoms with Crippen molar-refractivity contribution in [3.05, 3.63) is 46.6 Å². The highest BCUT2D eigenvalue weighted by Gasteiger charge is 2.11. The van der Waals surface area contributed by atoms with E-state index in [9.17, 15) is 0 Å². The first-order valence-electron chi connectivity index (χ1n) is 6.50.